The third-order valence-corrected chi connectivity index (χ3v) is 5.28. The van der Waals surface area contributed by atoms with Gasteiger partial charge in [0.25, 0.3) is 0 Å². The Balaban J connectivity index is 2.12. The van der Waals surface area contributed by atoms with Gasteiger partial charge in [-0.15, -0.1) is 0 Å². The Hall–Kier alpha value is 0. The van der Waals surface area contributed by atoms with Crippen molar-refractivity contribution < 1.29 is 0 Å². The van der Waals surface area contributed by atoms with E-state index in [-0.39, 0.29) is 0 Å². The van der Waals surface area contributed by atoms with Gasteiger partial charge in [0.05, 0.1) is 0 Å². The summed E-state index contributed by atoms with van der Waals surface area (Å²) in [6.07, 6.45) is 6.07. The summed E-state index contributed by atoms with van der Waals surface area (Å²) >= 11 is 0. The van der Waals surface area contributed by atoms with E-state index in [1.165, 1.54) is 19.3 Å². The second-order valence-electron chi connectivity index (χ2n) is 5.78. The minimum Gasteiger partial charge on any atom is -0.0651 e. The summed E-state index contributed by atoms with van der Waals surface area (Å²) in [6.45, 7) is 9.69. The molecule has 0 aliphatic heterocycles. The first-order chi connectivity index (χ1) is 6.12. The van der Waals surface area contributed by atoms with Gasteiger partial charge in [0, 0.05) is 0 Å². The van der Waals surface area contributed by atoms with Gasteiger partial charge in [-0.05, 0) is 48.3 Å². The maximum atomic E-state index is 2.49. The summed E-state index contributed by atoms with van der Waals surface area (Å²) < 4.78 is 0. The van der Waals surface area contributed by atoms with E-state index in [9.17, 15) is 0 Å². The first-order valence-electron chi connectivity index (χ1n) is 6.12. The SMILES string of the molecule is CCC1C2CCC1(C(C)C(C)C)C2. The first kappa shape index (κ1) is 9.55. The van der Waals surface area contributed by atoms with Gasteiger partial charge in [-0.25, -0.2) is 0 Å². The van der Waals surface area contributed by atoms with Crippen LogP contribution in [0.4, 0.5) is 0 Å². The normalized spacial score (nSPS) is 45.0. The van der Waals surface area contributed by atoms with Crippen LogP contribution in [-0.4, -0.2) is 0 Å². The molecule has 3 aliphatic carbocycles. The zero-order chi connectivity index (χ0) is 9.64. The van der Waals surface area contributed by atoms with Gasteiger partial charge in [0.2, 0.25) is 0 Å². The highest BCUT2D eigenvalue weighted by Crippen LogP contribution is 2.68. The summed E-state index contributed by atoms with van der Waals surface area (Å²) in [6, 6.07) is 0. The quantitative estimate of drug-likeness (QED) is 0.613. The third-order valence-electron chi connectivity index (χ3n) is 5.28. The lowest BCUT2D eigenvalue weighted by Crippen LogP contribution is -2.46. The van der Waals surface area contributed by atoms with Gasteiger partial charge in [-0.3, -0.25) is 0 Å². The molecule has 2 bridgehead atoms. The molecule has 0 radical (unpaired) electrons. The minimum absolute atomic E-state index is 0.785. The van der Waals surface area contributed by atoms with Gasteiger partial charge in [-0.1, -0.05) is 34.1 Å². The van der Waals surface area contributed by atoms with Gasteiger partial charge >= 0.3 is 0 Å². The van der Waals surface area contributed by atoms with Crippen molar-refractivity contribution in [1.29, 1.82) is 0 Å². The fourth-order valence-corrected chi connectivity index (χ4v) is 4.29. The fraction of sp³-hybridized carbons (Fsp3) is 1.00. The molecule has 4 unspecified atom stereocenters. The van der Waals surface area contributed by atoms with Crippen molar-refractivity contribution in [2.24, 2.45) is 29.1 Å². The van der Waals surface area contributed by atoms with Gasteiger partial charge in [0.15, 0.2) is 0 Å². The summed E-state index contributed by atoms with van der Waals surface area (Å²) in [4.78, 5) is 0. The van der Waals surface area contributed by atoms with Crippen LogP contribution in [0.3, 0.4) is 0 Å². The number of hydrogen-bond donors (Lipinski definition) is 0. The molecule has 0 amide bonds. The Morgan fingerprint density at radius 3 is 2.46 bits per heavy atom. The zero-order valence-corrected chi connectivity index (χ0v) is 9.64. The van der Waals surface area contributed by atoms with Crippen LogP contribution < -0.4 is 0 Å². The highest BCUT2D eigenvalue weighted by Gasteiger charge is 2.60. The molecule has 4 atom stereocenters. The molecule has 3 aliphatic rings. The molecule has 0 spiro atoms. The predicted octanol–water partition coefficient (Wildman–Crippen LogP) is 4.10. The van der Waals surface area contributed by atoms with Crippen molar-refractivity contribution in [3.05, 3.63) is 0 Å². The Morgan fingerprint density at radius 1 is 1.31 bits per heavy atom. The molecule has 0 heterocycles. The Kier molecular flexibility index (Phi) is 2.20. The summed E-state index contributed by atoms with van der Waals surface area (Å²) in [7, 11) is 0. The molecule has 0 saturated heterocycles. The molecule has 13 heavy (non-hydrogen) atoms. The van der Waals surface area contributed by atoms with Crippen molar-refractivity contribution in [2.75, 3.05) is 0 Å². The molecule has 0 aromatic heterocycles. The average molecular weight is 180 g/mol. The Morgan fingerprint density at radius 2 is 2.00 bits per heavy atom. The predicted molar refractivity (Wildman–Crippen MR) is 57.6 cm³/mol. The van der Waals surface area contributed by atoms with Gasteiger partial charge in [-0.2, -0.15) is 0 Å². The smallest absolute Gasteiger partial charge is 0.0236 e. The third kappa shape index (κ3) is 1.10. The van der Waals surface area contributed by atoms with Crippen LogP contribution >= 0.6 is 0 Å². The lowest BCUT2D eigenvalue weighted by Gasteiger charge is -2.53. The van der Waals surface area contributed by atoms with E-state index in [1.807, 2.05) is 0 Å². The van der Waals surface area contributed by atoms with E-state index in [0.29, 0.717) is 0 Å². The monoisotopic (exact) mass is 180 g/mol. The first-order valence-corrected chi connectivity index (χ1v) is 6.12. The molecular weight excluding hydrogens is 156 g/mol. The molecule has 3 rings (SSSR count). The zero-order valence-electron chi connectivity index (χ0n) is 9.64. The van der Waals surface area contributed by atoms with E-state index in [4.69, 9.17) is 0 Å². The Labute approximate surface area is 83.1 Å². The average Bonchev–Trinajstić information content (AvgIpc) is 2.60. The molecule has 3 fully saturated rings. The molecule has 0 aromatic carbocycles. The number of fused-ring (bicyclic) bond motifs is 1. The highest BCUT2D eigenvalue weighted by atomic mass is 14.6. The van der Waals surface area contributed by atoms with Crippen molar-refractivity contribution >= 4 is 0 Å². The van der Waals surface area contributed by atoms with Crippen LogP contribution in [0.15, 0.2) is 0 Å². The maximum Gasteiger partial charge on any atom is -0.0236 e. The molecule has 0 aromatic rings. The highest BCUT2D eigenvalue weighted by molar-refractivity contribution is 5.09. The second-order valence-corrected chi connectivity index (χ2v) is 5.78. The maximum absolute atomic E-state index is 2.49. The molecule has 0 N–H and O–H groups in total. The second kappa shape index (κ2) is 3.00. The van der Waals surface area contributed by atoms with E-state index >= 15 is 0 Å². The van der Waals surface area contributed by atoms with E-state index in [1.54, 1.807) is 6.42 Å². The summed E-state index contributed by atoms with van der Waals surface area (Å²) in [5, 5.41) is 0. The van der Waals surface area contributed by atoms with Crippen LogP contribution in [0.1, 0.15) is 53.4 Å². The fourth-order valence-electron chi connectivity index (χ4n) is 4.29. The van der Waals surface area contributed by atoms with E-state index < -0.39 is 0 Å². The van der Waals surface area contributed by atoms with Crippen LogP contribution in [0, 0.1) is 29.1 Å². The lowest BCUT2D eigenvalue weighted by molar-refractivity contribution is -0.0400. The molecule has 76 valence electrons. The van der Waals surface area contributed by atoms with Crippen LogP contribution in [0.5, 0.6) is 0 Å². The van der Waals surface area contributed by atoms with Crippen molar-refractivity contribution in [2.45, 2.75) is 53.4 Å². The van der Waals surface area contributed by atoms with Crippen molar-refractivity contribution in [3.8, 4) is 0 Å². The minimum atomic E-state index is 0.785. The largest absolute Gasteiger partial charge is 0.0651 e. The van der Waals surface area contributed by atoms with Gasteiger partial charge < -0.3 is 0 Å². The summed E-state index contributed by atoms with van der Waals surface area (Å²) in [5.74, 6) is 4.04. The Bertz CT molecular complexity index is 190. The lowest BCUT2D eigenvalue weighted by atomic mass is 9.52. The number of hydrogen-bond acceptors (Lipinski definition) is 0. The molecule has 0 heteroatoms. The molecule has 0 nitrogen and oxygen atoms in total. The summed E-state index contributed by atoms with van der Waals surface area (Å²) in [5.41, 5.74) is 0.785. The molecule has 3 saturated carbocycles. The van der Waals surface area contributed by atoms with Crippen LogP contribution in [0.2, 0.25) is 0 Å². The van der Waals surface area contributed by atoms with Crippen LogP contribution in [0.25, 0.3) is 0 Å². The van der Waals surface area contributed by atoms with Gasteiger partial charge in [0.1, 0.15) is 0 Å². The standard InChI is InChI=1S/C13H24/c1-5-12-11-6-7-13(12,8-11)10(4)9(2)3/h9-12H,5-8H2,1-4H3. The van der Waals surface area contributed by atoms with Crippen molar-refractivity contribution in [3.63, 3.8) is 0 Å². The molecular formula is C13H24. The van der Waals surface area contributed by atoms with Crippen molar-refractivity contribution in [1.82, 2.24) is 0 Å². The van der Waals surface area contributed by atoms with E-state index in [0.717, 1.165) is 29.1 Å². The number of rotatable bonds is 3. The topological polar surface area (TPSA) is 0 Å². The van der Waals surface area contributed by atoms with E-state index in [2.05, 4.69) is 27.7 Å². The van der Waals surface area contributed by atoms with Crippen LogP contribution in [-0.2, 0) is 0 Å².